The van der Waals surface area contributed by atoms with Gasteiger partial charge in [-0.2, -0.15) is 13.2 Å². The molecule has 100 valence electrons. The molecule has 2 N–H and O–H groups in total. The standard InChI is InChI=1S/C12H16F3N3/c13-12(14,15)11-2-1-9(7-17-11)8-18-5-3-10(16)4-6-18/h1-2,7,10H,3-6,8,16H2. The lowest BCUT2D eigenvalue weighted by Crippen LogP contribution is -2.39. The predicted octanol–water partition coefficient (Wildman–Crippen LogP) is 2.02. The Bertz CT molecular complexity index is 381. The van der Waals surface area contributed by atoms with E-state index in [0.717, 1.165) is 37.6 Å². The summed E-state index contributed by atoms with van der Waals surface area (Å²) in [7, 11) is 0. The van der Waals surface area contributed by atoms with Crippen LogP contribution in [0.2, 0.25) is 0 Å². The average Bonchev–Trinajstić information content (AvgIpc) is 2.32. The van der Waals surface area contributed by atoms with Gasteiger partial charge in [0, 0.05) is 18.8 Å². The van der Waals surface area contributed by atoms with Gasteiger partial charge in [-0.05, 0) is 37.6 Å². The molecule has 2 rings (SSSR count). The Balaban J connectivity index is 1.94. The van der Waals surface area contributed by atoms with Crippen LogP contribution in [0.4, 0.5) is 13.2 Å². The molecule has 6 heteroatoms. The molecule has 0 aliphatic carbocycles. The predicted molar refractivity (Wildman–Crippen MR) is 61.7 cm³/mol. The highest BCUT2D eigenvalue weighted by Gasteiger charge is 2.32. The Labute approximate surface area is 104 Å². The smallest absolute Gasteiger partial charge is 0.328 e. The summed E-state index contributed by atoms with van der Waals surface area (Å²) in [4.78, 5) is 5.64. The van der Waals surface area contributed by atoms with E-state index in [4.69, 9.17) is 5.73 Å². The average molecular weight is 259 g/mol. The molecular formula is C12H16F3N3. The van der Waals surface area contributed by atoms with Crippen LogP contribution in [0.15, 0.2) is 18.3 Å². The maximum Gasteiger partial charge on any atom is 0.433 e. The van der Waals surface area contributed by atoms with Crippen molar-refractivity contribution >= 4 is 0 Å². The molecule has 1 saturated heterocycles. The van der Waals surface area contributed by atoms with Gasteiger partial charge in [-0.1, -0.05) is 6.07 Å². The highest BCUT2D eigenvalue weighted by Crippen LogP contribution is 2.27. The second-order valence-electron chi connectivity index (χ2n) is 4.66. The SMILES string of the molecule is NC1CCN(Cc2ccc(C(F)(F)F)nc2)CC1. The zero-order valence-electron chi connectivity index (χ0n) is 9.95. The van der Waals surface area contributed by atoms with Crippen LogP contribution in [0.25, 0.3) is 0 Å². The Hall–Kier alpha value is -1.14. The third-order valence-corrected chi connectivity index (χ3v) is 3.15. The summed E-state index contributed by atoms with van der Waals surface area (Å²) in [6.07, 6.45) is -1.18. The molecule has 1 aromatic heterocycles. The van der Waals surface area contributed by atoms with E-state index in [1.807, 2.05) is 0 Å². The lowest BCUT2D eigenvalue weighted by atomic mass is 10.1. The molecule has 0 unspecified atom stereocenters. The van der Waals surface area contributed by atoms with Gasteiger partial charge in [0.1, 0.15) is 5.69 Å². The van der Waals surface area contributed by atoms with Crippen molar-refractivity contribution in [3.8, 4) is 0 Å². The monoisotopic (exact) mass is 259 g/mol. The molecule has 1 aliphatic rings. The van der Waals surface area contributed by atoms with Crippen LogP contribution in [-0.4, -0.2) is 29.0 Å². The first kappa shape index (κ1) is 13.3. The highest BCUT2D eigenvalue weighted by molar-refractivity contribution is 5.16. The number of nitrogens with two attached hydrogens (primary N) is 1. The van der Waals surface area contributed by atoms with Gasteiger partial charge in [-0.25, -0.2) is 0 Å². The zero-order valence-corrected chi connectivity index (χ0v) is 9.95. The van der Waals surface area contributed by atoms with Crippen LogP contribution in [-0.2, 0) is 12.7 Å². The number of alkyl halides is 3. The fraction of sp³-hybridized carbons (Fsp3) is 0.583. The van der Waals surface area contributed by atoms with Crippen molar-refractivity contribution in [3.05, 3.63) is 29.6 Å². The van der Waals surface area contributed by atoms with Crippen molar-refractivity contribution < 1.29 is 13.2 Å². The van der Waals surface area contributed by atoms with Crippen LogP contribution >= 0.6 is 0 Å². The van der Waals surface area contributed by atoms with Gasteiger partial charge in [0.25, 0.3) is 0 Å². The number of rotatable bonds is 2. The van der Waals surface area contributed by atoms with Gasteiger partial charge in [0.2, 0.25) is 0 Å². The highest BCUT2D eigenvalue weighted by atomic mass is 19.4. The topological polar surface area (TPSA) is 42.1 Å². The van der Waals surface area contributed by atoms with Gasteiger partial charge in [0.05, 0.1) is 0 Å². The Kier molecular flexibility index (Phi) is 3.87. The molecule has 0 amide bonds. The molecule has 1 fully saturated rings. The van der Waals surface area contributed by atoms with Crippen LogP contribution in [0.3, 0.4) is 0 Å². The van der Waals surface area contributed by atoms with E-state index >= 15 is 0 Å². The molecule has 0 aromatic carbocycles. The Morgan fingerprint density at radius 1 is 1.28 bits per heavy atom. The molecule has 1 aromatic rings. The number of piperidine rings is 1. The second-order valence-corrected chi connectivity index (χ2v) is 4.66. The summed E-state index contributed by atoms with van der Waals surface area (Å²) in [5, 5.41) is 0. The van der Waals surface area contributed by atoms with E-state index in [1.54, 1.807) is 0 Å². The van der Waals surface area contributed by atoms with Gasteiger partial charge < -0.3 is 5.73 Å². The normalized spacial score (nSPS) is 19.1. The molecule has 0 bridgehead atoms. The third-order valence-electron chi connectivity index (χ3n) is 3.15. The summed E-state index contributed by atoms with van der Waals surface area (Å²) in [6, 6.07) is 2.78. The van der Waals surface area contributed by atoms with Crippen molar-refractivity contribution in [3.63, 3.8) is 0 Å². The fourth-order valence-electron chi connectivity index (χ4n) is 2.05. The largest absolute Gasteiger partial charge is 0.433 e. The van der Waals surface area contributed by atoms with E-state index in [1.165, 1.54) is 12.3 Å². The van der Waals surface area contributed by atoms with Gasteiger partial charge in [-0.3, -0.25) is 9.88 Å². The minimum Gasteiger partial charge on any atom is -0.328 e. The lowest BCUT2D eigenvalue weighted by Gasteiger charge is -2.29. The summed E-state index contributed by atoms with van der Waals surface area (Å²) >= 11 is 0. The molecule has 0 radical (unpaired) electrons. The maximum absolute atomic E-state index is 12.3. The first-order chi connectivity index (χ1) is 8.45. The minimum atomic E-state index is -4.36. The number of hydrogen-bond donors (Lipinski definition) is 1. The number of halogens is 3. The molecule has 1 aliphatic heterocycles. The van der Waals surface area contributed by atoms with Crippen molar-refractivity contribution in [2.75, 3.05) is 13.1 Å². The molecular weight excluding hydrogens is 243 g/mol. The van der Waals surface area contributed by atoms with E-state index in [9.17, 15) is 13.2 Å². The Morgan fingerprint density at radius 3 is 2.44 bits per heavy atom. The van der Waals surface area contributed by atoms with E-state index in [0.29, 0.717) is 6.54 Å². The van der Waals surface area contributed by atoms with Crippen molar-refractivity contribution in [1.29, 1.82) is 0 Å². The second kappa shape index (κ2) is 5.24. The fourth-order valence-corrected chi connectivity index (χ4v) is 2.05. The lowest BCUT2D eigenvalue weighted by molar-refractivity contribution is -0.141. The molecule has 0 atom stereocenters. The number of aromatic nitrogens is 1. The molecule has 0 saturated carbocycles. The van der Waals surface area contributed by atoms with Gasteiger partial charge >= 0.3 is 6.18 Å². The molecule has 2 heterocycles. The van der Waals surface area contributed by atoms with Crippen LogP contribution in [0, 0.1) is 0 Å². The molecule has 0 spiro atoms. The quantitative estimate of drug-likeness (QED) is 0.883. The Morgan fingerprint density at radius 2 is 1.94 bits per heavy atom. The van der Waals surface area contributed by atoms with Crippen molar-refractivity contribution in [1.82, 2.24) is 9.88 Å². The summed E-state index contributed by atoms with van der Waals surface area (Å²) in [5.41, 5.74) is 5.76. The van der Waals surface area contributed by atoms with Crippen LogP contribution in [0.5, 0.6) is 0 Å². The van der Waals surface area contributed by atoms with Crippen LogP contribution < -0.4 is 5.73 Å². The zero-order chi connectivity index (χ0) is 13.2. The van der Waals surface area contributed by atoms with Crippen LogP contribution in [0.1, 0.15) is 24.1 Å². The van der Waals surface area contributed by atoms with Gasteiger partial charge in [-0.15, -0.1) is 0 Å². The molecule has 18 heavy (non-hydrogen) atoms. The third kappa shape index (κ3) is 3.43. The van der Waals surface area contributed by atoms with Crippen molar-refractivity contribution in [2.45, 2.75) is 31.6 Å². The van der Waals surface area contributed by atoms with E-state index < -0.39 is 11.9 Å². The molecule has 3 nitrogen and oxygen atoms in total. The summed E-state index contributed by atoms with van der Waals surface area (Å²) in [5.74, 6) is 0. The van der Waals surface area contributed by atoms with E-state index in [2.05, 4.69) is 9.88 Å². The first-order valence-corrected chi connectivity index (χ1v) is 5.95. The number of pyridine rings is 1. The first-order valence-electron chi connectivity index (χ1n) is 5.95. The van der Waals surface area contributed by atoms with E-state index in [-0.39, 0.29) is 6.04 Å². The van der Waals surface area contributed by atoms with Gasteiger partial charge in [0.15, 0.2) is 0 Å². The summed E-state index contributed by atoms with van der Waals surface area (Å²) < 4.78 is 37.0. The summed E-state index contributed by atoms with van der Waals surface area (Å²) in [6.45, 7) is 2.42. The number of nitrogens with zero attached hydrogens (tertiary/aromatic N) is 2. The number of hydrogen-bond acceptors (Lipinski definition) is 3. The van der Waals surface area contributed by atoms with Crippen molar-refractivity contribution in [2.24, 2.45) is 5.73 Å². The maximum atomic E-state index is 12.3. The number of likely N-dealkylation sites (tertiary alicyclic amines) is 1. The minimum absolute atomic E-state index is 0.256.